The van der Waals surface area contributed by atoms with Crippen molar-refractivity contribution in [1.29, 1.82) is 0 Å². The molecule has 4 nitrogen and oxygen atoms in total. The largest absolute Gasteiger partial charge is 0.573 e. The van der Waals surface area contributed by atoms with E-state index in [-0.39, 0.29) is 30.3 Å². The molecule has 24 heavy (non-hydrogen) atoms. The van der Waals surface area contributed by atoms with Crippen LogP contribution in [0.3, 0.4) is 0 Å². The minimum absolute atomic E-state index is 0.00339. The average Bonchev–Trinajstić information content (AvgIpc) is 2.92. The van der Waals surface area contributed by atoms with Gasteiger partial charge in [-0.05, 0) is 43.3 Å². The molecule has 2 rings (SSSR count). The molecule has 0 atom stereocenters. The topological polar surface area (TPSA) is 55.4 Å². The highest BCUT2D eigenvalue weighted by atomic mass is 32.1. The number of aryl methyl sites for hydroxylation is 1. The van der Waals surface area contributed by atoms with E-state index in [1.54, 1.807) is 6.07 Å². The van der Waals surface area contributed by atoms with Crippen LogP contribution in [0.25, 0.3) is 0 Å². The first-order valence-electron chi connectivity index (χ1n) is 6.98. The number of carbonyl (C=O) groups is 2. The molecule has 0 fully saturated rings. The Bertz CT molecular complexity index is 723. The Morgan fingerprint density at radius 2 is 1.75 bits per heavy atom. The highest BCUT2D eigenvalue weighted by Crippen LogP contribution is 2.24. The monoisotopic (exact) mass is 357 g/mol. The van der Waals surface area contributed by atoms with Gasteiger partial charge in [0.1, 0.15) is 5.75 Å². The summed E-state index contributed by atoms with van der Waals surface area (Å²) in [7, 11) is 0. The minimum atomic E-state index is -4.76. The zero-order valence-corrected chi connectivity index (χ0v) is 13.5. The Labute approximate surface area is 140 Å². The summed E-state index contributed by atoms with van der Waals surface area (Å²) in [6.45, 7) is 1.89. The SMILES string of the molecule is Cc1ccc(C(=O)CCC(=O)Nc2ccc(OC(F)(F)F)cc2)s1. The summed E-state index contributed by atoms with van der Waals surface area (Å²) < 4.78 is 39.9. The molecular weight excluding hydrogens is 343 g/mol. The summed E-state index contributed by atoms with van der Waals surface area (Å²) in [4.78, 5) is 25.3. The van der Waals surface area contributed by atoms with Gasteiger partial charge in [-0.3, -0.25) is 9.59 Å². The Kier molecular flexibility index (Phi) is 5.61. The number of Topliss-reactive ketones (excluding diaryl/α,β-unsaturated/α-hetero) is 1. The molecule has 2 aromatic rings. The van der Waals surface area contributed by atoms with E-state index in [4.69, 9.17) is 0 Å². The lowest BCUT2D eigenvalue weighted by Crippen LogP contribution is -2.17. The summed E-state index contributed by atoms with van der Waals surface area (Å²) in [6.07, 6.45) is -4.69. The van der Waals surface area contributed by atoms with Gasteiger partial charge in [-0.25, -0.2) is 0 Å². The second-order valence-corrected chi connectivity index (χ2v) is 6.24. The van der Waals surface area contributed by atoms with E-state index in [2.05, 4.69) is 10.1 Å². The van der Waals surface area contributed by atoms with Crippen LogP contribution in [0.15, 0.2) is 36.4 Å². The summed E-state index contributed by atoms with van der Waals surface area (Å²) in [5.74, 6) is -0.873. The zero-order chi connectivity index (χ0) is 17.7. The fourth-order valence-electron chi connectivity index (χ4n) is 1.90. The molecule has 1 aromatic heterocycles. The fourth-order valence-corrected chi connectivity index (χ4v) is 2.73. The Balaban J connectivity index is 1.83. The van der Waals surface area contributed by atoms with Crippen molar-refractivity contribution in [3.05, 3.63) is 46.2 Å². The number of hydrogen-bond acceptors (Lipinski definition) is 4. The van der Waals surface area contributed by atoms with E-state index in [9.17, 15) is 22.8 Å². The van der Waals surface area contributed by atoms with Crippen molar-refractivity contribution in [2.75, 3.05) is 5.32 Å². The number of halogens is 3. The van der Waals surface area contributed by atoms with Crippen LogP contribution in [-0.2, 0) is 4.79 Å². The van der Waals surface area contributed by atoms with Crippen LogP contribution in [0.1, 0.15) is 27.4 Å². The highest BCUT2D eigenvalue weighted by molar-refractivity contribution is 7.14. The van der Waals surface area contributed by atoms with Gasteiger partial charge in [0.05, 0.1) is 4.88 Å². The van der Waals surface area contributed by atoms with Crippen molar-refractivity contribution in [3.63, 3.8) is 0 Å². The molecule has 0 saturated heterocycles. The van der Waals surface area contributed by atoms with Gasteiger partial charge in [-0.15, -0.1) is 24.5 Å². The molecule has 0 spiro atoms. The zero-order valence-electron chi connectivity index (χ0n) is 12.6. The lowest BCUT2D eigenvalue weighted by atomic mass is 10.2. The second-order valence-electron chi connectivity index (χ2n) is 4.95. The van der Waals surface area contributed by atoms with Crippen LogP contribution in [0, 0.1) is 6.92 Å². The van der Waals surface area contributed by atoms with Crippen LogP contribution in [0.4, 0.5) is 18.9 Å². The Morgan fingerprint density at radius 1 is 1.08 bits per heavy atom. The van der Waals surface area contributed by atoms with E-state index < -0.39 is 6.36 Å². The third kappa shape index (κ3) is 5.69. The number of anilines is 1. The molecule has 128 valence electrons. The number of ether oxygens (including phenoxy) is 1. The van der Waals surface area contributed by atoms with Crippen LogP contribution in [0.2, 0.25) is 0 Å². The van der Waals surface area contributed by atoms with Gasteiger partial charge >= 0.3 is 6.36 Å². The van der Waals surface area contributed by atoms with Gasteiger partial charge in [0.25, 0.3) is 0 Å². The molecule has 1 heterocycles. The van der Waals surface area contributed by atoms with Crippen molar-refractivity contribution in [1.82, 2.24) is 0 Å². The molecule has 0 radical (unpaired) electrons. The molecule has 0 unspecified atom stereocenters. The highest BCUT2D eigenvalue weighted by Gasteiger charge is 2.30. The number of amides is 1. The van der Waals surface area contributed by atoms with Crippen molar-refractivity contribution in [2.45, 2.75) is 26.1 Å². The predicted molar refractivity (Wildman–Crippen MR) is 84.4 cm³/mol. The lowest BCUT2D eigenvalue weighted by Gasteiger charge is -2.09. The van der Waals surface area contributed by atoms with Crippen LogP contribution < -0.4 is 10.1 Å². The van der Waals surface area contributed by atoms with Gasteiger partial charge in [0.2, 0.25) is 5.91 Å². The summed E-state index contributed by atoms with van der Waals surface area (Å²) in [5.41, 5.74) is 0.328. The average molecular weight is 357 g/mol. The number of alkyl halides is 3. The predicted octanol–water partition coefficient (Wildman–Crippen LogP) is 4.56. The quantitative estimate of drug-likeness (QED) is 0.771. The number of nitrogens with one attached hydrogen (secondary N) is 1. The van der Waals surface area contributed by atoms with Gasteiger partial charge in [-0.2, -0.15) is 0 Å². The van der Waals surface area contributed by atoms with Crippen molar-refractivity contribution in [3.8, 4) is 5.75 Å². The smallest absolute Gasteiger partial charge is 0.406 e. The second kappa shape index (κ2) is 7.48. The standard InChI is InChI=1S/C16H14F3NO3S/c1-10-2-8-14(24-10)13(21)7-9-15(22)20-11-3-5-12(6-4-11)23-16(17,18)19/h2-6,8H,7,9H2,1H3,(H,20,22). The molecule has 0 aliphatic heterocycles. The molecule has 0 saturated carbocycles. The van der Waals surface area contributed by atoms with Crippen molar-refractivity contribution >= 4 is 28.7 Å². The molecular formula is C16H14F3NO3S. The van der Waals surface area contributed by atoms with E-state index in [0.717, 1.165) is 17.0 Å². The fraction of sp³-hybridized carbons (Fsp3) is 0.250. The summed E-state index contributed by atoms with van der Waals surface area (Å²) in [5, 5.41) is 2.52. The first kappa shape index (κ1) is 18.0. The van der Waals surface area contributed by atoms with Gasteiger partial charge < -0.3 is 10.1 Å². The Hall–Kier alpha value is -2.35. The van der Waals surface area contributed by atoms with Gasteiger partial charge in [-0.1, -0.05) is 0 Å². The third-order valence-electron chi connectivity index (χ3n) is 2.97. The molecule has 0 aliphatic carbocycles. The molecule has 1 N–H and O–H groups in total. The molecule has 8 heteroatoms. The van der Waals surface area contributed by atoms with Crippen molar-refractivity contribution in [2.24, 2.45) is 0 Å². The first-order valence-corrected chi connectivity index (χ1v) is 7.80. The summed E-state index contributed by atoms with van der Waals surface area (Å²) in [6, 6.07) is 8.35. The summed E-state index contributed by atoms with van der Waals surface area (Å²) >= 11 is 1.37. The minimum Gasteiger partial charge on any atom is -0.406 e. The number of hydrogen-bond donors (Lipinski definition) is 1. The number of benzene rings is 1. The van der Waals surface area contributed by atoms with Crippen LogP contribution in [-0.4, -0.2) is 18.1 Å². The number of rotatable bonds is 6. The lowest BCUT2D eigenvalue weighted by molar-refractivity contribution is -0.274. The number of carbonyl (C=O) groups excluding carboxylic acids is 2. The first-order chi connectivity index (χ1) is 11.2. The van der Waals surface area contributed by atoms with E-state index in [1.165, 1.54) is 23.5 Å². The third-order valence-corrected chi connectivity index (χ3v) is 4.01. The van der Waals surface area contributed by atoms with E-state index in [1.807, 2.05) is 13.0 Å². The molecule has 1 aromatic carbocycles. The van der Waals surface area contributed by atoms with Gasteiger partial charge in [0, 0.05) is 23.4 Å². The van der Waals surface area contributed by atoms with E-state index in [0.29, 0.717) is 10.6 Å². The Morgan fingerprint density at radius 3 is 2.29 bits per heavy atom. The van der Waals surface area contributed by atoms with Gasteiger partial charge in [0.15, 0.2) is 5.78 Å². The maximum absolute atomic E-state index is 12.0. The van der Waals surface area contributed by atoms with Crippen molar-refractivity contribution < 1.29 is 27.5 Å². The maximum atomic E-state index is 12.0. The molecule has 0 bridgehead atoms. The number of thiophene rings is 1. The number of ketones is 1. The van der Waals surface area contributed by atoms with E-state index >= 15 is 0 Å². The molecule has 0 aliphatic rings. The molecule has 1 amide bonds. The normalized spacial score (nSPS) is 11.2. The van der Waals surface area contributed by atoms with Crippen LogP contribution in [0.5, 0.6) is 5.75 Å². The van der Waals surface area contributed by atoms with Crippen LogP contribution >= 0.6 is 11.3 Å². The maximum Gasteiger partial charge on any atom is 0.573 e.